The number of ether oxygens (including phenoxy) is 2. The average molecular weight is 236 g/mol. The van der Waals surface area contributed by atoms with E-state index in [1.165, 1.54) is 0 Å². The van der Waals surface area contributed by atoms with E-state index in [2.05, 4.69) is 0 Å². The summed E-state index contributed by atoms with van der Waals surface area (Å²) in [5.41, 5.74) is -0.522. The van der Waals surface area contributed by atoms with Crippen LogP contribution in [0.5, 0.6) is 17.2 Å². The summed E-state index contributed by atoms with van der Waals surface area (Å²) in [5, 5.41) is 19.4. The summed E-state index contributed by atoms with van der Waals surface area (Å²) < 4.78 is 10.3. The molecule has 1 aliphatic heterocycles. The van der Waals surface area contributed by atoms with Crippen molar-refractivity contribution in [2.45, 2.75) is 24.7 Å². The first kappa shape index (κ1) is 10.3. The first-order valence-electron chi connectivity index (χ1n) is 5.50. The molecule has 1 saturated carbocycles. The molecule has 0 atom stereocenters. The van der Waals surface area contributed by atoms with Gasteiger partial charge in [0.2, 0.25) is 12.5 Å². The molecule has 3 rings (SSSR count). The fourth-order valence-corrected chi connectivity index (χ4v) is 2.47. The topological polar surface area (TPSA) is 76.0 Å². The highest BCUT2D eigenvalue weighted by Crippen LogP contribution is 2.52. The summed E-state index contributed by atoms with van der Waals surface area (Å²) >= 11 is 0. The van der Waals surface area contributed by atoms with E-state index in [1.54, 1.807) is 12.1 Å². The van der Waals surface area contributed by atoms with Gasteiger partial charge in [0.05, 0.1) is 5.41 Å². The molecular weight excluding hydrogens is 224 g/mol. The Morgan fingerprint density at radius 3 is 2.65 bits per heavy atom. The van der Waals surface area contributed by atoms with Crippen molar-refractivity contribution in [2.24, 2.45) is 0 Å². The minimum atomic E-state index is -0.953. The Bertz CT molecular complexity index is 490. The van der Waals surface area contributed by atoms with Crippen LogP contribution < -0.4 is 9.47 Å². The van der Waals surface area contributed by atoms with Gasteiger partial charge < -0.3 is 19.7 Å². The molecular formula is C12H12O5. The summed E-state index contributed by atoms with van der Waals surface area (Å²) in [6, 6.07) is 3.27. The average Bonchev–Trinajstić information content (AvgIpc) is 2.67. The molecule has 5 heteroatoms. The van der Waals surface area contributed by atoms with Crippen LogP contribution in [0.3, 0.4) is 0 Å². The number of carboxylic acid groups (broad SMARTS) is 1. The molecule has 0 radical (unpaired) electrons. The predicted molar refractivity (Wildman–Crippen MR) is 57.4 cm³/mol. The largest absolute Gasteiger partial charge is 0.504 e. The monoisotopic (exact) mass is 236 g/mol. The van der Waals surface area contributed by atoms with Gasteiger partial charge in [0.15, 0.2) is 11.5 Å². The van der Waals surface area contributed by atoms with Gasteiger partial charge in [-0.1, -0.05) is 12.5 Å². The molecule has 1 heterocycles. The molecule has 0 aromatic heterocycles. The maximum atomic E-state index is 11.4. The maximum Gasteiger partial charge on any atom is 0.314 e. The third-order valence-electron chi connectivity index (χ3n) is 3.65. The number of aromatic hydroxyl groups is 1. The number of rotatable bonds is 2. The van der Waals surface area contributed by atoms with E-state index in [-0.39, 0.29) is 18.3 Å². The summed E-state index contributed by atoms with van der Waals surface area (Å²) in [4.78, 5) is 11.4. The Morgan fingerprint density at radius 1 is 1.29 bits per heavy atom. The molecule has 1 fully saturated rings. The predicted octanol–water partition coefficient (Wildman–Crippen LogP) is 1.63. The second-order valence-corrected chi connectivity index (χ2v) is 4.44. The zero-order chi connectivity index (χ0) is 12.0. The molecule has 2 N–H and O–H groups in total. The zero-order valence-electron chi connectivity index (χ0n) is 9.10. The lowest BCUT2D eigenvalue weighted by molar-refractivity contribution is -0.147. The number of aliphatic carboxylic acids is 1. The van der Waals surface area contributed by atoms with Crippen LogP contribution >= 0.6 is 0 Å². The SMILES string of the molecule is O=C(O)C1(c2ccc3c(c2O)OCO3)CCC1. The van der Waals surface area contributed by atoms with Crippen molar-refractivity contribution < 1.29 is 24.5 Å². The zero-order valence-corrected chi connectivity index (χ0v) is 9.10. The van der Waals surface area contributed by atoms with Crippen molar-refractivity contribution >= 4 is 5.97 Å². The highest BCUT2D eigenvalue weighted by atomic mass is 16.7. The summed E-state index contributed by atoms with van der Waals surface area (Å²) in [5.74, 6) is -0.263. The van der Waals surface area contributed by atoms with Gasteiger partial charge in [0.25, 0.3) is 0 Å². The minimum absolute atomic E-state index is 0.0619. The van der Waals surface area contributed by atoms with Crippen molar-refractivity contribution in [1.82, 2.24) is 0 Å². The van der Waals surface area contributed by atoms with Crippen molar-refractivity contribution in [3.63, 3.8) is 0 Å². The number of carboxylic acids is 1. The van der Waals surface area contributed by atoms with Gasteiger partial charge in [0.1, 0.15) is 0 Å². The van der Waals surface area contributed by atoms with E-state index in [0.717, 1.165) is 6.42 Å². The van der Waals surface area contributed by atoms with Crippen molar-refractivity contribution in [2.75, 3.05) is 6.79 Å². The fourth-order valence-electron chi connectivity index (χ4n) is 2.47. The van der Waals surface area contributed by atoms with Crippen LogP contribution in [0.2, 0.25) is 0 Å². The van der Waals surface area contributed by atoms with Crippen molar-refractivity contribution in [3.05, 3.63) is 17.7 Å². The number of hydrogen-bond donors (Lipinski definition) is 2. The van der Waals surface area contributed by atoms with Gasteiger partial charge in [-0.15, -0.1) is 0 Å². The molecule has 0 saturated heterocycles. The number of benzene rings is 1. The summed E-state index contributed by atoms with van der Waals surface area (Å²) in [6.45, 7) is 0.0619. The van der Waals surface area contributed by atoms with Crippen LogP contribution in [0.15, 0.2) is 12.1 Å². The van der Waals surface area contributed by atoms with Gasteiger partial charge in [-0.3, -0.25) is 4.79 Å². The lowest BCUT2D eigenvalue weighted by Crippen LogP contribution is -2.42. The molecule has 0 spiro atoms. The molecule has 1 aromatic carbocycles. The normalized spacial score (nSPS) is 19.8. The quantitative estimate of drug-likeness (QED) is 0.816. The standard InChI is InChI=1S/C12H12O5/c13-9-7(12(11(14)15)4-1-5-12)2-3-8-10(9)17-6-16-8/h2-3,13H,1,4-6H2,(H,14,15). The summed E-state index contributed by atoms with van der Waals surface area (Å²) in [7, 11) is 0. The molecule has 1 aromatic rings. The molecule has 0 unspecified atom stereocenters. The molecule has 5 nitrogen and oxygen atoms in total. The first-order chi connectivity index (χ1) is 8.15. The van der Waals surface area contributed by atoms with Crippen LogP contribution in [0.25, 0.3) is 0 Å². The van der Waals surface area contributed by atoms with Crippen LogP contribution in [-0.2, 0) is 10.2 Å². The van der Waals surface area contributed by atoms with E-state index >= 15 is 0 Å². The van der Waals surface area contributed by atoms with Crippen LogP contribution in [-0.4, -0.2) is 23.0 Å². The molecule has 1 aliphatic carbocycles. The second-order valence-electron chi connectivity index (χ2n) is 4.44. The number of carbonyl (C=O) groups is 1. The third kappa shape index (κ3) is 1.22. The molecule has 90 valence electrons. The maximum absolute atomic E-state index is 11.4. The highest BCUT2D eigenvalue weighted by Gasteiger charge is 2.48. The highest BCUT2D eigenvalue weighted by molar-refractivity contribution is 5.84. The Morgan fingerprint density at radius 2 is 2.06 bits per heavy atom. The molecule has 2 aliphatic rings. The van der Waals surface area contributed by atoms with Crippen LogP contribution in [0.1, 0.15) is 24.8 Å². The van der Waals surface area contributed by atoms with E-state index < -0.39 is 11.4 Å². The Balaban J connectivity index is 2.12. The number of phenols is 1. The Hall–Kier alpha value is -1.91. The molecule has 0 bridgehead atoms. The third-order valence-corrected chi connectivity index (χ3v) is 3.65. The lowest BCUT2D eigenvalue weighted by atomic mass is 9.64. The minimum Gasteiger partial charge on any atom is -0.504 e. The van der Waals surface area contributed by atoms with E-state index in [4.69, 9.17) is 9.47 Å². The number of phenolic OH excluding ortho intramolecular Hbond substituents is 1. The van der Waals surface area contributed by atoms with Crippen LogP contribution in [0, 0.1) is 0 Å². The Labute approximate surface area is 97.6 Å². The van der Waals surface area contributed by atoms with E-state index in [0.29, 0.717) is 24.2 Å². The Kier molecular flexibility index (Phi) is 1.98. The summed E-state index contributed by atoms with van der Waals surface area (Å²) in [6.07, 6.45) is 1.96. The lowest BCUT2D eigenvalue weighted by Gasteiger charge is -2.38. The molecule has 0 amide bonds. The van der Waals surface area contributed by atoms with Gasteiger partial charge in [-0.2, -0.15) is 0 Å². The van der Waals surface area contributed by atoms with Gasteiger partial charge in [0, 0.05) is 5.56 Å². The van der Waals surface area contributed by atoms with Crippen molar-refractivity contribution in [3.8, 4) is 17.2 Å². The second kappa shape index (κ2) is 3.29. The van der Waals surface area contributed by atoms with E-state index in [9.17, 15) is 15.0 Å². The fraction of sp³-hybridized carbons (Fsp3) is 0.417. The van der Waals surface area contributed by atoms with E-state index in [1.807, 2.05) is 0 Å². The van der Waals surface area contributed by atoms with Gasteiger partial charge in [-0.05, 0) is 18.9 Å². The molecule has 17 heavy (non-hydrogen) atoms. The number of hydrogen-bond acceptors (Lipinski definition) is 4. The number of fused-ring (bicyclic) bond motifs is 1. The first-order valence-corrected chi connectivity index (χ1v) is 5.50. The smallest absolute Gasteiger partial charge is 0.314 e. The van der Waals surface area contributed by atoms with Crippen molar-refractivity contribution in [1.29, 1.82) is 0 Å². The van der Waals surface area contributed by atoms with Gasteiger partial charge in [-0.25, -0.2) is 0 Å². The van der Waals surface area contributed by atoms with Gasteiger partial charge >= 0.3 is 5.97 Å². The van der Waals surface area contributed by atoms with Crippen LogP contribution in [0.4, 0.5) is 0 Å².